The third-order valence-corrected chi connectivity index (χ3v) is 6.94. The van der Waals surface area contributed by atoms with E-state index >= 15 is 0 Å². The lowest BCUT2D eigenvalue weighted by atomic mass is 9.58. The Kier molecular flexibility index (Phi) is 5.94. The Balaban J connectivity index is 1.91. The number of anilines is 1. The molecule has 6 nitrogen and oxygen atoms in total. The summed E-state index contributed by atoms with van der Waals surface area (Å²) >= 11 is 6.25. The maximum Gasteiger partial charge on any atom is 0.420 e. The standard InChI is InChI=1S/C24H24ClF4N3O3/c1-12-30-9-13-17(8-7-16(26)19(13)32-12)31-11-22(33)14-5-6-15(25)20(35-4)18(14)21(2,3)10-23(22,34)24(27,28)29/h5-9,31,33-34H,10-11H2,1-4H3. The fourth-order valence-electron chi connectivity index (χ4n) is 5.00. The number of nitrogens with one attached hydrogen (secondary N) is 1. The van der Waals surface area contributed by atoms with E-state index in [1.54, 1.807) is 6.92 Å². The van der Waals surface area contributed by atoms with E-state index in [0.29, 0.717) is 5.82 Å². The molecule has 4 rings (SSSR count). The van der Waals surface area contributed by atoms with Crippen LogP contribution in [-0.2, 0) is 11.0 Å². The molecule has 2 unspecified atom stereocenters. The lowest BCUT2D eigenvalue weighted by Gasteiger charge is -2.53. The van der Waals surface area contributed by atoms with Crippen LogP contribution in [0.5, 0.6) is 5.75 Å². The van der Waals surface area contributed by atoms with E-state index in [9.17, 15) is 27.8 Å². The van der Waals surface area contributed by atoms with Gasteiger partial charge in [0, 0.05) is 22.8 Å². The Morgan fingerprint density at radius 1 is 1.17 bits per heavy atom. The Morgan fingerprint density at radius 3 is 2.49 bits per heavy atom. The molecule has 2 aromatic carbocycles. The van der Waals surface area contributed by atoms with Gasteiger partial charge in [0.15, 0.2) is 5.60 Å². The van der Waals surface area contributed by atoms with E-state index in [-0.39, 0.29) is 38.5 Å². The minimum atomic E-state index is -5.20. The van der Waals surface area contributed by atoms with Crippen molar-refractivity contribution in [1.82, 2.24) is 9.97 Å². The number of aliphatic hydroxyl groups is 2. The van der Waals surface area contributed by atoms with Gasteiger partial charge < -0.3 is 20.3 Å². The number of hydrogen-bond donors (Lipinski definition) is 3. The van der Waals surface area contributed by atoms with Crippen LogP contribution in [0.1, 0.15) is 37.2 Å². The zero-order valence-corrected chi connectivity index (χ0v) is 20.1. The smallest absolute Gasteiger partial charge is 0.420 e. The topological polar surface area (TPSA) is 87.5 Å². The van der Waals surface area contributed by atoms with Gasteiger partial charge in [-0.3, -0.25) is 0 Å². The maximum atomic E-state index is 14.4. The first-order chi connectivity index (χ1) is 16.2. The van der Waals surface area contributed by atoms with Gasteiger partial charge in [-0.25, -0.2) is 14.4 Å². The molecule has 1 heterocycles. The monoisotopic (exact) mass is 513 g/mol. The van der Waals surface area contributed by atoms with Crippen molar-refractivity contribution in [2.24, 2.45) is 0 Å². The Morgan fingerprint density at radius 2 is 1.86 bits per heavy atom. The number of hydrogen-bond acceptors (Lipinski definition) is 6. The zero-order valence-electron chi connectivity index (χ0n) is 19.4. The van der Waals surface area contributed by atoms with Crippen molar-refractivity contribution in [1.29, 1.82) is 0 Å². The predicted octanol–water partition coefficient (Wildman–Crippen LogP) is 5.01. The fraction of sp³-hybridized carbons (Fsp3) is 0.417. The van der Waals surface area contributed by atoms with Gasteiger partial charge in [-0.1, -0.05) is 31.5 Å². The van der Waals surface area contributed by atoms with E-state index in [0.717, 1.165) is 6.07 Å². The van der Waals surface area contributed by atoms with Crippen LogP contribution in [0.2, 0.25) is 5.02 Å². The van der Waals surface area contributed by atoms with Gasteiger partial charge in [0.05, 0.1) is 18.7 Å². The molecule has 1 aromatic heterocycles. The molecular weight excluding hydrogens is 490 g/mol. The van der Waals surface area contributed by atoms with Crippen LogP contribution in [0.15, 0.2) is 30.5 Å². The Labute approximate surface area is 203 Å². The molecule has 0 saturated carbocycles. The lowest BCUT2D eigenvalue weighted by molar-refractivity contribution is -0.330. The van der Waals surface area contributed by atoms with Crippen molar-refractivity contribution in [2.75, 3.05) is 19.0 Å². The summed E-state index contributed by atoms with van der Waals surface area (Å²) in [6.07, 6.45) is -4.72. The average Bonchev–Trinajstić information content (AvgIpc) is 2.76. The minimum Gasteiger partial charge on any atom is -0.495 e. The highest BCUT2D eigenvalue weighted by atomic mass is 35.5. The molecule has 0 fully saturated rings. The summed E-state index contributed by atoms with van der Waals surface area (Å²) in [5.41, 5.74) is -7.43. The second-order valence-corrected chi connectivity index (χ2v) is 9.82. The maximum absolute atomic E-state index is 14.4. The summed E-state index contributed by atoms with van der Waals surface area (Å²) in [6, 6.07) is 4.99. The highest BCUT2D eigenvalue weighted by Gasteiger charge is 2.71. The van der Waals surface area contributed by atoms with Crippen LogP contribution in [0.3, 0.4) is 0 Å². The van der Waals surface area contributed by atoms with Crippen molar-refractivity contribution in [3.8, 4) is 5.75 Å². The van der Waals surface area contributed by atoms with Crippen molar-refractivity contribution in [3.63, 3.8) is 0 Å². The second kappa shape index (κ2) is 8.18. The number of nitrogens with zero attached hydrogens (tertiary/aromatic N) is 2. The molecule has 35 heavy (non-hydrogen) atoms. The van der Waals surface area contributed by atoms with E-state index < -0.39 is 41.6 Å². The summed E-state index contributed by atoms with van der Waals surface area (Å²) < 4.78 is 63.0. The largest absolute Gasteiger partial charge is 0.495 e. The summed E-state index contributed by atoms with van der Waals surface area (Å²) in [4.78, 5) is 8.09. The van der Waals surface area contributed by atoms with Crippen LogP contribution in [0, 0.1) is 12.7 Å². The predicted molar refractivity (Wildman–Crippen MR) is 123 cm³/mol. The number of benzene rings is 2. The van der Waals surface area contributed by atoms with Crippen LogP contribution in [0.4, 0.5) is 23.2 Å². The van der Waals surface area contributed by atoms with Crippen molar-refractivity contribution < 1.29 is 32.5 Å². The van der Waals surface area contributed by atoms with Gasteiger partial charge in [0.25, 0.3) is 0 Å². The summed E-state index contributed by atoms with van der Waals surface area (Å²) in [6.45, 7) is 3.83. The molecule has 3 aromatic rings. The first-order valence-corrected chi connectivity index (χ1v) is 11.1. The van der Waals surface area contributed by atoms with Crippen LogP contribution < -0.4 is 10.1 Å². The third kappa shape index (κ3) is 3.78. The number of alkyl halides is 3. The average molecular weight is 514 g/mol. The number of aryl methyl sites for hydroxylation is 1. The first-order valence-electron chi connectivity index (χ1n) is 10.7. The molecule has 3 N–H and O–H groups in total. The van der Waals surface area contributed by atoms with E-state index in [1.165, 1.54) is 45.4 Å². The Bertz CT molecular complexity index is 1320. The third-order valence-electron chi connectivity index (χ3n) is 6.64. The molecule has 1 aliphatic carbocycles. The van der Waals surface area contributed by atoms with Gasteiger partial charge in [0.2, 0.25) is 0 Å². The zero-order chi connectivity index (χ0) is 26.0. The van der Waals surface area contributed by atoms with Crippen molar-refractivity contribution in [2.45, 2.75) is 50.0 Å². The van der Waals surface area contributed by atoms with Crippen molar-refractivity contribution >= 4 is 28.2 Å². The SMILES string of the molecule is COc1c(Cl)ccc2c1C(C)(C)CC(O)(C(F)(F)F)C2(O)CNc1ccc(F)c2nc(C)ncc12. The Hall–Kier alpha value is -2.69. The van der Waals surface area contributed by atoms with Crippen LogP contribution in [0.25, 0.3) is 10.9 Å². The molecule has 0 saturated heterocycles. The highest BCUT2D eigenvalue weighted by molar-refractivity contribution is 6.32. The number of ether oxygens (including phenoxy) is 1. The van der Waals surface area contributed by atoms with Gasteiger partial charge in [0.1, 0.15) is 28.5 Å². The quantitative estimate of drug-likeness (QED) is 0.425. The molecule has 0 amide bonds. The van der Waals surface area contributed by atoms with Crippen molar-refractivity contribution in [3.05, 3.63) is 58.3 Å². The number of fused-ring (bicyclic) bond motifs is 2. The second-order valence-electron chi connectivity index (χ2n) is 9.41. The lowest BCUT2D eigenvalue weighted by Crippen LogP contribution is -2.68. The first kappa shape index (κ1) is 25.4. The number of rotatable bonds is 4. The molecule has 11 heteroatoms. The molecular formula is C24H24ClF4N3O3. The van der Waals surface area contributed by atoms with Gasteiger partial charge >= 0.3 is 6.18 Å². The van der Waals surface area contributed by atoms with Gasteiger partial charge in [-0.05, 0) is 42.5 Å². The summed E-state index contributed by atoms with van der Waals surface area (Å²) in [5, 5.41) is 26.0. The molecule has 0 aliphatic heterocycles. The normalized spacial score (nSPS) is 23.7. The molecule has 0 radical (unpaired) electrons. The van der Waals surface area contributed by atoms with Crippen LogP contribution in [-0.4, -0.2) is 45.6 Å². The minimum absolute atomic E-state index is 0.0285. The molecule has 188 valence electrons. The molecule has 0 bridgehead atoms. The highest BCUT2D eigenvalue weighted by Crippen LogP contribution is 2.59. The van der Waals surface area contributed by atoms with E-state index in [1.807, 2.05) is 0 Å². The van der Waals surface area contributed by atoms with Gasteiger partial charge in [-0.2, -0.15) is 13.2 Å². The number of methoxy groups -OCH3 is 1. The molecule has 2 atom stereocenters. The number of aromatic nitrogens is 2. The summed E-state index contributed by atoms with van der Waals surface area (Å²) in [5.74, 6) is -0.204. The number of halogens is 5. The van der Waals surface area contributed by atoms with Gasteiger partial charge in [-0.15, -0.1) is 0 Å². The van der Waals surface area contributed by atoms with E-state index in [2.05, 4.69) is 15.3 Å². The van der Waals surface area contributed by atoms with Crippen LogP contribution >= 0.6 is 11.6 Å². The van der Waals surface area contributed by atoms with E-state index in [4.69, 9.17) is 16.3 Å². The molecule has 0 spiro atoms. The summed E-state index contributed by atoms with van der Waals surface area (Å²) in [7, 11) is 1.33. The fourth-order valence-corrected chi connectivity index (χ4v) is 5.23. The molecule has 1 aliphatic rings.